The molecule has 1 rings (SSSR count). The minimum Gasteiger partial charge on any atom is -0.296 e. The van der Waals surface area contributed by atoms with Crippen LogP contribution >= 0.6 is 0 Å². The lowest BCUT2D eigenvalue weighted by Crippen LogP contribution is -1.84. The van der Waals surface area contributed by atoms with Crippen molar-refractivity contribution < 1.29 is 0 Å². The predicted octanol–water partition coefficient (Wildman–Crippen LogP) is 2.69. The highest BCUT2D eigenvalue weighted by Gasteiger charge is 1.90. The van der Waals surface area contributed by atoms with Crippen LogP contribution in [0.2, 0.25) is 0 Å². The van der Waals surface area contributed by atoms with E-state index in [4.69, 9.17) is 0 Å². The van der Waals surface area contributed by atoms with Gasteiger partial charge in [0.1, 0.15) is 0 Å². The maximum atomic E-state index is 3.96. The summed E-state index contributed by atoms with van der Waals surface area (Å²) in [5, 5.41) is 0. The maximum Gasteiger partial charge on any atom is 0.0281 e. The van der Waals surface area contributed by atoms with E-state index in [0.29, 0.717) is 0 Å². The summed E-state index contributed by atoms with van der Waals surface area (Å²) in [7, 11) is 1.79. The van der Waals surface area contributed by atoms with E-state index >= 15 is 0 Å². The number of benzene rings is 1. The molecular formula is C11H15N. The maximum absolute atomic E-state index is 3.96. The second-order valence-corrected chi connectivity index (χ2v) is 2.88. The van der Waals surface area contributed by atoms with Gasteiger partial charge in [-0.3, -0.25) is 4.99 Å². The van der Waals surface area contributed by atoms with Gasteiger partial charge in [0.25, 0.3) is 0 Å². The molecule has 1 heteroatoms. The lowest BCUT2D eigenvalue weighted by molar-refractivity contribution is 0.922. The van der Waals surface area contributed by atoms with Crippen LogP contribution in [0.3, 0.4) is 0 Å². The van der Waals surface area contributed by atoms with Crippen LogP contribution in [0, 0.1) is 0 Å². The number of nitrogens with zero attached hydrogens (tertiary/aromatic N) is 1. The molecule has 0 N–H and O–H groups in total. The molecule has 0 fully saturated rings. The van der Waals surface area contributed by atoms with Crippen molar-refractivity contribution in [3.8, 4) is 0 Å². The first-order valence-electron chi connectivity index (χ1n) is 4.38. The number of hydrogen-bond donors (Lipinski definition) is 0. The van der Waals surface area contributed by atoms with Crippen molar-refractivity contribution in [1.29, 1.82) is 0 Å². The fourth-order valence-electron chi connectivity index (χ4n) is 1.21. The zero-order valence-electron chi connectivity index (χ0n) is 7.75. The molecule has 1 aromatic carbocycles. The Bertz CT molecular complexity index is 246. The van der Waals surface area contributed by atoms with E-state index in [1.54, 1.807) is 7.05 Å². The van der Waals surface area contributed by atoms with Crippen molar-refractivity contribution in [2.45, 2.75) is 19.8 Å². The van der Waals surface area contributed by atoms with Gasteiger partial charge < -0.3 is 0 Å². The Kier molecular flexibility index (Phi) is 3.52. The minimum atomic E-state index is 1.17. The molecule has 0 unspecified atom stereocenters. The first-order valence-corrected chi connectivity index (χ1v) is 4.38. The largest absolute Gasteiger partial charge is 0.296 e. The van der Waals surface area contributed by atoms with E-state index in [9.17, 15) is 0 Å². The molecule has 0 bridgehead atoms. The third-order valence-electron chi connectivity index (χ3n) is 1.80. The second kappa shape index (κ2) is 4.70. The van der Waals surface area contributed by atoms with Gasteiger partial charge in [-0.1, -0.05) is 37.6 Å². The Morgan fingerprint density at radius 2 is 1.92 bits per heavy atom. The minimum absolute atomic E-state index is 1.17. The molecule has 1 aromatic rings. The van der Waals surface area contributed by atoms with E-state index in [1.165, 1.54) is 24.0 Å². The van der Waals surface area contributed by atoms with Crippen LogP contribution in [0.15, 0.2) is 29.3 Å². The monoisotopic (exact) mass is 161 g/mol. The summed E-state index contributed by atoms with van der Waals surface area (Å²) < 4.78 is 0. The van der Waals surface area contributed by atoms with Crippen molar-refractivity contribution in [2.75, 3.05) is 7.05 Å². The van der Waals surface area contributed by atoms with Crippen molar-refractivity contribution in [2.24, 2.45) is 4.99 Å². The van der Waals surface area contributed by atoms with Gasteiger partial charge in [0, 0.05) is 13.3 Å². The van der Waals surface area contributed by atoms with Crippen LogP contribution in [0.1, 0.15) is 24.5 Å². The first kappa shape index (κ1) is 8.98. The van der Waals surface area contributed by atoms with E-state index in [1.807, 2.05) is 6.21 Å². The summed E-state index contributed by atoms with van der Waals surface area (Å²) >= 11 is 0. The van der Waals surface area contributed by atoms with Crippen molar-refractivity contribution in [3.05, 3.63) is 35.4 Å². The molecule has 0 aliphatic carbocycles. The molecule has 0 aromatic heterocycles. The first-order chi connectivity index (χ1) is 5.86. The van der Waals surface area contributed by atoms with Crippen LogP contribution in [-0.4, -0.2) is 13.3 Å². The molecule has 0 atom stereocenters. The molecule has 12 heavy (non-hydrogen) atoms. The summed E-state index contributed by atoms with van der Waals surface area (Å²) in [6, 6.07) is 8.55. The molecule has 0 spiro atoms. The van der Waals surface area contributed by atoms with Crippen molar-refractivity contribution in [3.63, 3.8) is 0 Å². The number of aryl methyl sites for hydroxylation is 1. The fourth-order valence-corrected chi connectivity index (χ4v) is 1.21. The van der Waals surface area contributed by atoms with Gasteiger partial charge in [-0.15, -0.1) is 0 Å². The summed E-state index contributed by atoms with van der Waals surface area (Å²) in [6.45, 7) is 2.20. The standard InChI is InChI=1S/C11H15N/c1-3-4-10-5-7-11(8-6-10)9-12-2/h5-9H,3-4H2,1-2H3. The second-order valence-electron chi connectivity index (χ2n) is 2.88. The summed E-state index contributed by atoms with van der Waals surface area (Å²) in [4.78, 5) is 3.96. The summed E-state index contributed by atoms with van der Waals surface area (Å²) in [5.74, 6) is 0. The van der Waals surface area contributed by atoms with Crippen molar-refractivity contribution >= 4 is 6.21 Å². The Morgan fingerprint density at radius 3 is 2.42 bits per heavy atom. The average molecular weight is 161 g/mol. The Hall–Kier alpha value is -1.11. The van der Waals surface area contributed by atoms with Crippen LogP contribution < -0.4 is 0 Å². The Labute approximate surface area is 74.2 Å². The van der Waals surface area contributed by atoms with Crippen LogP contribution in [0.25, 0.3) is 0 Å². The predicted molar refractivity (Wildman–Crippen MR) is 54.0 cm³/mol. The smallest absolute Gasteiger partial charge is 0.0281 e. The van der Waals surface area contributed by atoms with Crippen LogP contribution in [-0.2, 0) is 6.42 Å². The normalized spacial score (nSPS) is 10.8. The molecule has 1 nitrogen and oxygen atoms in total. The molecule has 0 heterocycles. The molecule has 0 saturated heterocycles. The highest BCUT2D eigenvalue weighted by molar-refractivity contribution is 5.79. The molecule has 64 valence electrons. The third-order valence-corrected chi connectivity index (χ3v) is 1.80. The fraction of sp³-hybridized carbons (Fsp3) is 0.364. The molecule has 0 aliphatic rings. The van der Waals surface area contributed by atoms with Gasteiger partial charge in [-0.05, 0) is 17.5 Å². The average Bonchev–Trinajstić information content (AvgIpc) is 2.09. The molecule has 0 saturated carbocycles. The lowest BCUT2D eigenvalue weighted by atomic mass is 10.1. The van der Waals surface area contributed by atoms with Gasteiger partial charge in [-0.2, -0.15) is 0 Å². The van der Waals surface area contributed by atoms with Gasteiger partial charge in [0.15, 0.2) is 0 Å². The van der Waals surface area contributed by atoms with Gasteiger partial charge in [0.2, 0.25) is 0 Å². The Morgan fingerprint density at radius 1 is 1.25 bits per heavy atom. The topological polar surface area (TPSA) is 12.4 Å². The SMILES string of the molecule is CCCc1ccc(C=NC)cc1. The van der Waals surface area contributed by atoms with E-state index in [0.717, 1.165) is 0 Å². The molecular weight excluding hydrogens is 146 g/mol. The van der Waals surface area contributed by atoms with Gasteiger partial charge >= 0.3 is 0 Å². The number of aliphatic imine (C=N–C) groups is 1. The van der Waals surface area contributed by atoms with Gasteiger partial charge in [0.05, 0.1) is 0 Å². The van der Waals surface area contributed by atoms with Crippen LogP contribution in [0.5, 0.6) is 0 Å². The zero-order valence-corrected chi connectivity index (χ0v) is 7.75. The highest BCUT2D eigenvalue weighted by atomic mass is 14.6. The van der Waals surface area contributed by atoms with Crippen LogP contribution in [0.4, 0.5) is 0 Å². The van der Waals surface area contributed by atoms with E-state index in [-0.39, 0.29) is 0 Å². The zero-order chi connectivity index (χ0) is 8.81. The molecule has 0 aliphatic heterocycles. The lowest BCUT2D eigenvalue weighted by Gasteiger charge is -1.97. The van der Waals surface area contributed by atoms with E-state index in [2.05, 4.69) is 36.2 Å². The molecule has 0 radical (unpaired) electrons. The highest BCUT2D eigenvalue weighted by Crippen LogP contribution is 2.04. The number of hydrogen-bond acceptors (Lipinski definition) is 1. The summed E-state index contributed by atoms with van der Waals surface area (Å²) in [6.07, 6.45) is 4.25. The van der Waals surface area contributed by atoms with Crippen molar-refractivity contribution in [1.82, 2.24) is 0 Å². The van der Waals surface area contributed by atoms with Gasteiger partial charge in [-0.25, -0.2) is 0 Å². The summed E-state index contributed by atoms with van der Waals surface area (Å²) in [5.41, 5.74) is 2.59. The number of rotatable bonds is 3. The third kappa shape index (κ3) is 2.50. The Balaban J connectivity index is 2.71. The molecule has 0 amide bonds. The quantitative estimate of drug-likeness (QED) is 0.604. The van der Waals surface area contributed by atoms with E-state index < -0.39 is 0 Å².